The van der Waals surface area contributed by atoms with Crippen LogP contribution in [-0.4, -0.2) is 61.6 Å². The van der Waals surface area contributed by atoms with Gasteiger partial charge < -0.3 is 25.3 Å². The molecule has 0 radical (unpaired) electrons. The molecule has 7 nitrogen and oxygen atoms in total. The summed E-state index contributed by atoms with van der Waals surface area (Å²) in [4.78, 5) is 19.3. The Hall–Kier alpha value is -2.02. The average Bonchev–Trinajstić information content (AvgIpc) is 3.08. The lowest BCUT2D eigenvalue weighted by Gasteiger charge is -2.47. The third-order valence-electron chi connectivity index (χ3n) is 5.98. The number of guanidine groups is 1. The van der Waals surface area contributed by atoms with E-state index in [1.54, 1.807) is 12.3 Å². The highest BCUT2D eigenvalue weighted by Gasteiger charge is 2.36. The molecule has 7 heteroatoms. The fraction of sp³-hybridized carbons (Fsp3) is 0.714. The molecular weight excluding hydrogens is 354 g/mol. The third-order valence-corrected chi connectivity index (χ3v) is 5.98. The van der Waals surface area contributed by atoms with Gasteiger partial charge in [0.1, 0.15) is 0 Å². The molecule has 1 aromatic rings. The Balaban J connectivity index is 1.43. The standard InChI is InChI=1S/C21H35N5O2/c1-4-22-21(25-16-13-17-7-5-8-18(14-16)26(17)3)24-11-6-10-23-20(27)19-15(2)9-12-28-19/h9,12,16-18H,4-8,10-11,13-14H2,1-3H3,(H,23,27)(H2,22,24,25). The molecular formula is C21H35N5O2. The number of rotatable bonds is 7. The summed E-state index contributed by atoms with van der Waals surface area (Å²) < 4.78 is 5.21. The van der Waals surface area contributed by atoms with Crippen molar-refractivity contribution < 1.29 is 9.21 Å². The molecule has 2 bridgehead atoms. The zero-order valence-electron chi connectivity index (χ0n) is 17.5. The third kappa shape index (κ3) is 5.28. The lowest BCUT2D eigenvalue weighted by molar-refractivity contribution is 0.0526. The molecule has 2 fully saturated rings. The number of fused-ring (bicyclic) bond motifs is 2. The number of nitrogens with zero attached hydrogens (tertiary/aromatic N) is 2. The fourth-order valence-electron chi connectivity index (χ4n) is 4.40. The van der Waals surface area contributed by atoms with Crippen molar-refractivity contribution in [3.8, 4) is 0 Å². The molecule has 156 valence electrons. The van der Waals surface area contributed by atoms with Gasteiger partial charge in [0.25, 0.3) is 5.91 Å². The second-order valence-electron chi connectivity index (χ2n) is 8.02. The van der Waals surface area contributed by atoms with Crippen LogP contribution in [0.2, 0.25) is 0 Å². The summed E-state index contributed by atoms with van der Waals surface area (Å²) in [5, 5.41) is 9.90. The summed E-state index contributed by atoms with van der Waals surface area (Å²) in [5.41, 5.74) is 0.858. The summed E-state index contributed by atoms with van der Waals surface area (Å²) in [5.74, 6) is 1.13. The van der Waals surface area contributed by atoms with Crippen LogP contribution in [-0.2, 0) is 0 Å². The summed E-state index contributed by atoms with van der Waals surface area (Å²) in [7, 11) is 2.28. The Morgan fingerprint density at radius 3 is 2.68 bits per heavy atom. The molecule has 2 aliphatic heterocycles. The summed E-state index contributed by atoms with van der Waals surface area (Å²) in [6, 6.07) is 3.69. The SMILES string of the molecule is CCNC(=NCCCNC(=O)c1occc1C)NC1CC2CCCC(C1)N2C. The minimum Gasteiger partial charge on any atom is -0.459 e. The summed E-state index contributed by atoms with van der Waals surface area (Å²) >= 11 is 0. The monoisotopic (exact) mass is 389 g/mol. The predicted molar refractivity (Wildman–Crippen MR) is 112 cm³/mol. The van der Waals surface area contributed by atoms with Gasteiger partial charge in [0.2, 0.25) is 0 Å². The molecule has 2 atom stereocenters. The van der Waals surface area contributed by atoms with Crippen molar-refractivity contribution in [2.75, 3.05) is 26.7 Å². The zero-order chi connectivity index (χ0) is 19.9. The maximum absolute atomic E-state index is 12.0. The van der Waals surface area contributed by atoms with Crippen LogP contribution in [0.15, 0.2) is 21.7 Å². The Labute approximate surface area is 168 Å². The van der Waals surface area contributed by atoms with E-state index < -0.39 is 0 Å². The molecule has 0 aromatic carbocycles. The Kier molecular flexibility index (Phi) is 7.36. The number of carbonyl (C=O) groups is 1. The van der Waals surface area contributed by atoms with Gasteiger partial charge in [-0.15, -0.1) is 0 Å². The molecule has 2 unspecified atom stereocenters. The van der Waals surface area contributed by atoms with Crippen molar-refractivity contribution in [1.82, 2.24) is 20.9 Å². The van der Waals surface area contributed by atoms with E-state index in [4.69, 9.17) is 9.41 Å². The van der Waals surface area contributed by atoms with E-state index in [9.17, 15) is 4.79 Å². The van der Waals surface area contributed by atoms with Crippen molar-refractivity contribution in [1.29, 1.82) is 0 Å². The van der Waals surface area contributed by atoms with Crippen molar-refractivity contribution in [2.24, 2.45) is 4.99 Å². The van der Waals surface area contributed by atoms with Crippen LogP contribution in [0.5, 0.6) is 0 Å². The number of amides is 1. The molecule has 3 N–H and O–H groups in total. The molecule has 0 saturated carbocycles. The van der Waals surface area contributed by atoms with Gasteiger partial charge in [0.05, 0.1) is 6.26 Å². The van der Waals surface area contributed by atoms with Gasteiger partial charge in [-0.25, -0.2) is 0 Å². The van der Waals surface area contributed by atoms with E-state index in [0.717, 1.165) is 24.5 Å². The number of piperidine rings is 2. The molecule has 1 aromatic heterocycles. The van der Waals surface area contributed by atoms with Gasteiger partial charge >= 0.3 is 0 Å². The number of aryl methyl sites for hydroxylation is 1. The highest BCUT2D eigenvalue weighted by Crippen LogP contribution is 2.32. The van der Waals surface area contributed by atoms with Gasteiger partial charge in [-0.2, -0.15) is 0 Å². The van der Waals surface area contributed by atoms with E-state index in [1.165, 1.54) is 32.1 Å². The number of furan rings is 1. The first-order chi connectivity index (χ1) is 13.6. The highest BCUT2D eigenvalue weighted by atomic mass is 16.3. The van der Waals surface area contributed by atoms with Crippen molar-refractivity contribution >= 4 is 11.9 Å². The second-order valence-corrected chi connectivity index (χ2v) is 8.02. The first-order valence-corrected chi connectivity index (χ1v) is 10.7. The molecule has 2 saturated heterocycles. The number of hydrogen-bond donors (Lipinski definition) is 3. The van der Waals surface area contributed by atoms with Crippen LogP contribution in [0.25, 0.3) is 0 Å². The van der Waals surface area contributed by atoms with Crippen molar-refractivity contribution in [3.63, 3.8) is 0 Å². The lowest BCUT2D eigenvalue weighted by Crippen LogP contribution is -2.56. The molecule has 3 heterocycles. The Morgan fingerprint density at radius 2 is 2.04 bits per heavy atom. The minimum atomic E-state index is -0.158. The summed E-state index contributed by atoms with van der Waals surface area (Å²) in [6.45, 7) is 6.06. The van der Waals surface area contributed by atoms with Crippen molar-refractivity contribution in [3.05, 3.63) is 23.7 Å². The zero-order valence-corrected chi connectivity index (χ0v) is 17.5. The summed E-state index contributed by atoms with van der Waals surface area (Å²) in [6.07, 6.45) is 8.71. The smallest absolute Gasteiger partial charge is 0.287 e. The second kappa shape index (κ2) is 9.96. The van der Waals surface area contributed by atoms with E-state index in [0.29, 0.717) is 37.0 Å². The van der Waals surface area contributed by atoms with Gasteiger partial charge in [0, 0.05) is 43.3 Å². The van der Waals surface area contributed by atoms with Gasteiger partial charge in [-0.1, -0.05) is 6.42 Å². The lowest BCUT2D eigenvalue weighted by atomic mass is 9.82. The fourth-order valence-corrected chi connectivity index (χ4v) is 4.40. The Bertz CT molecular complexity index is 658. The van der Waals surface area contributed by atoms with Crippen molar-refractivity contribution in [2.45, 2.75) is 70.5 Å². The van der Waals surface area contributed by atoms with Crippen LogP contribution in [0.1, 0.15) is 61.6 Å². The van der Waals surface area contributed by atoms with E-state index in [-0.39, 0.29) is 5.91 Å². The largest absolute Gasteiger partial charge is 0.459 e. The van der Waals surface area contributed by atoms with Crippen LogP contribution < -0.4 is 16.0 Å². The first-order valence-electron chi connectivity index (χ1n) is 10.7. The topological polar surface area (TPSA) is 81.9 Å². The number of hydrogen-bond acceptors (Lipinski definition) is 4. The van der Waals surface area contributed by atoms with Crippen LogP contribution in [0.4, 0.5) is 0 Å². The van der Waals surface area contributed by atoms with E-state index in [2.05, 4.69) is 34.8 Å². The molecule has 0 aliphatic carbocycles. The van der Waals surface area contributed by atoms with Gasteiger partial charge in [0.15, 0.2) is 11.7 Å². The average molecular weight is 390 g/mol. The molecule has 1 amide bonds. The van der Waals surface area contributed by atoms with Crippen LogP contribution >= 0.6 is 0 Å². The number of carbonyl (C=O) groups excluding carboxylic acids is 1. The quantitative estimate of drug-likeness (QED) is 0.379. The first kappa shape index (κ1) is 20.7. The Morgan fingerprint density at radius 1 is 1.29 bits per heavy atom. The van der Waals surface area contributed by atoms with E-state index in [1.807, 2.05) is 6.92 Å². The predicted octanol–water partition coefficient (Wildman–Crippen LogP) is 2.28. The van der Waals surface area contributed by atoms with Crippen LogP contribution in [0, 0.1) is 6.92 Å². The highest BCUT2D eigenvalue weighted by molar-refractivity contribution is 5.92. The minimum absolute atomic E-state index is 0.158. The van der Waals surface area contributed by atoms with Gasteiger partial charge in [-0.05, 0) is 59.1 Å². The van der Waals surface area contributed by atoms with Crippen LogP contribution in [0.3, 0.4) is 0 Å². The van der Waals surface area contributed by atoms with Gasteiger partial charge in [-0.3, -0.25) is 9.79 Å². The molecule has 3 rings (SSSR count). The molecule has 2 aliphatic rings. The number of aliphatic imine (C=N–C) groups is 1. The van der Waals surface area contributed by atoms with E-state index >= 15 is 0 Å². The maximum Gasteiger partial charge on any atom is 0.287 e. The molecule has 28 heavy (non-hydrogen) atoms. The normalized spacial score (nSPS) is 25.4. The molecule has 0 spiro atoms. The maximum atomic E-state index is 12.0. The number of nitrogens with one attached hydrogen (secondary N) is 3.